The Kier molecular flexibility index (Phi) is 5.62. The second-order valence-corrected chi connectivity index (χ2v) is 8.97. The van der Waals surface area contributed by atoms with Gasteiger partial charge >= 0.3 is 0 Å². The number of anilines is 1. The third-order valence-corrected chi connectivity index (χ3v) is 6.34. The second kappa shape index (κ2) is 9.26. The molecule has 9 nitrogen and oxygen atoms in total. The van der Waals surface area contributed by atoms with Gasteiger partial charge < -0.3 is 15.6 Å². The molecule has 6 aromatic rings. The molecule has 1 amide bonds. The molecule has 0 saturated heterocycles. The topological polar surface area (TPSA) is 108 Å². The number of carbonyl (C=O) groups is 1. The van der Waals surface area contributed by atoms with Crippen LogP contribution in [-0.4, -0.2) is 34.9 Å². The molecule has 0 aliphatic carbocycles. The maximum absolute atomic E-state index is 13.4. The molecule has 6 rings (SSSR count). The van der Waals surface area contributed by atoms with Gasteiger partial charge in [-0.15, -0.1) is 0 Å². The number of nitrogens with one attached hydrogen (secondary N) is 1. The normalized spacial score (nSPS) is 11.8. The zero-order chi connectivity index (χ0) is 26.2. The van der Waals surface area contributed by atoms with Gasteiger partial charge in [0.25, 0.3) is 5.91 Å². The summed E-state index contributed by atoms with van der Waals surface area (Å²) in [5, 5.41) is 12.6. The van der Waals surface area contributed by atoms with Crippen molar-refractivity contribution in [2.75, 3.05) is 5.73 Å². The molecule has 9 heteroatoms. The van der Waals surface area contributed by atoms with Crippen LogP contribution in [0.3, 0.4) is 0 Å². The molecule has 186 valence electrons. The van der Waals surface area contributed by atoms with Crippen LogP contribution in [-0.2, 0) is 7.05 Å². The molecule has 1 atom stereocenters. The monoisotopic (exact) mass is 500 g/mol. The summed E-state index contributed by atoms with van der Waals surface area (Å²) >= 11 is 0. The molecule has 38 heavy (non-hydrogen) atoms. The Balaban J connectivity index is 1.45. The standard InChI is InChI=1S/C29H24N8O/c1-19(33-29(38)27-28(30)34-25-12-7-15-31-37(25)27)24-16-22-9-6-8-21(14-13-20-17-32-35(2)18-20)26(22)36(24)23-10-4-3-5-11-23/h3-12,15-19H,30H2,1-2H3,(H,33,38). The van der Waals surface area contributed by atoms with Crippen LogP contribution in [0.1, 0.15) is 40.3 Å². The summed E-state index contributed by atoms with van der Waals surface area (Å²) in [6.45, 7) is 1.94. The number of imidazole rings is 1. The van der Waals surface area contributed by atoms with E-state index in [9.17, 15) is 4.79 Å². The lowest BCUT2D eigenvalue weighted by atomic mass is 10.1. The number of para-hydroxylation sites is 2. The average Bonchev–Trinajstić information content (AvgIpc) is 3.62. The van der Waals surface area contributed by atoms with Crippen LogP contribution in [0, 0.1) is 11.8 Å². The Hall–Kier alpha value is -5.36. The van der Waals surface area contributed by atoms with Gasteiger partial charge in [-0.05, 0) is 43.3 Å². The number of benzene rings is 2. The molecule has 0 aliphatic rings. The molecular weight excluding hydrogens is 476 g/mol. The Bertz CT molecular complexity index is 1870. The summed E-state index contributed by atoms with van der Waals surface area (Å²) in [6, 6.07) is 21.3. The van der Waals surface area contributed by atoms with E-state index in [4.69, 9.17) is 5.73 Å². The van der Waals surface area contributed by atoms with E-state index in [0.717, 1.165) is 33.4 Å². The van der Waals surface area contributed by atoms with E-state index in [1.165, 1.54) is 4.52 Å². The van der Waals surface area contributed by atoms with E-state index in [1.807, 2.05) is 62.6 Å². The SMILES string of the molecule is CC(NC(=O)c1c(N)nc2cccnn12)c1cc2cccc(C#Cc3cnn(C)c3)c2n1-c1ccccc1. The summed E-state index contributed by atoms with van der Waals surface area (Å²) < 4.78 is 5.33. The lowest BCUT2D eigenvalue weighted by Gasteiger charge is -2.18. The van der Waals surface area contributed by atoms with E-state index in [1.54, 1.807) is 29.2 Å². The minimum Gasteiger partial charge on any atom is -0.382 e. The summed E-state index contributed by atoms with van der Waals surface area (Å²) in [5.41, 5.74) is 11.3. The number of fused-ring (bicyclic) bond motifs is 2. The van der Waals surface area contributed by atoms with Gasteiger partial charge in [0.1, 0.15) is 0 Å². The predicted octanol–water partition coefficient (Wildman–Crippen LogP) is 3.88. The zero-order valence-electron chi connectivity index (χ0n) is 20.8. The lowest BCUT2D eigenvalue weighted by Crippen LogP contribution is -2.29. The van der Waals surface area contributed by atoms with Crippen LogP contribution < -0.4 is 11.1 Å². The van der Waals surface area contributed by atoms with E-state index in [-0.39, 0.29) is 23.5 Å². The molecule has 0 fully saturated rings. The smallest absolute Gasteiger partial charge is 0.274 e. The Morgan fingerprint density at radius 1 is 1.03 bits per heavy atom. The highest BCUT2D eigenvalue weighted by molar-refractivity contribution is 5.98. The number of carbonyl (C=O) groups excluding carboxylic acids is 1. The Morgan fingerprint density at radius 3 is 2.66 bits per heavy atom. The Morgan fingerprint density at radius 2 is 1.87 bits per heavy atom. The van der Waals surface area contributed by atoms with Crippen LogP contribution >= 0.6 is 0 Å². The first kappa shape index (κ1) is 23.1. The lowest BCUT2D eigenvalue weighted by molar-refractivity contribution is 0.0932. The van der Waals surface area contributed by atoms with E-state index < -0.39 is 0 Å². The first-order valence-electron chi connectivity index (χ1n) is 12.1. The number of nitrogen functional groups attached to an aromatic ring is 1. The van der Waals surface area contributed by atoms with E-state index in [0.29, 0.717) is 5.65 Å². The molecule has 4 aromatic heterocycles. The van der Waals surface area contributed by atoms with Crippen molar-refractivity contribution in [1.29, 1.82) is 0 Å². The summed E-state index contributed by atoms with van der Waals surface area (Å²) in [7, 11) is 1.87. The molecule has 3 N–H and O–H groups in total. The van der Waals surface area contributed by atoms with Gasteiger partial charge in [-0.1, -0.05) is 42.2 Å². The largest absolute Gasteiger partial charge is 0.382 e. The predicted molar refractivity (Wildman–Crippen MR) is 146 cm³/mol. The molecule has 0 aliphatic heterocycles. The highest BCUT2D eigenvalue weighted by atomic mass is 16.2. The number of aromatic nitrogens is 6. The summed E-state index contributed by atoms with van der Waals surface area (Å²) in [5.74, 6) is 6.31. The minimum atomic E-state index is -0.372. The molecule has 1 unspecified atom stereocenters. The number of hydrogen-bond donors (Lipinski definition) is 2. The molecule has 4 heterocycles. The zero-order valence-corrected chi connectivity index (χ0v) is 20.8. The van der Waals surface area contributed by atoms with Crippen molar-refractivity contribution in [3.8, 4) is 17.5 Å². The second-order valence-electron chi connectivity index (χ2n) is 8.97. The van der Waals surface area contributed by atoms with Gasteiger partial charge in [0, 0.05) is 41.8 Å². The van der Waals surface area contributed by atoms with Gasteiger partial charge in [0.05, 0.1) is 23.3 Å². The molecule has 0 spiro atoms. The van der Waals surface area contributed by atoms with E-state index in [2.05, 4.69) is 49.0 Å². The first-order chi connectivity index (χ1) is 18.5. The maximum Gasteiger partial charge on any atom is 0.274 e. The van der Waals surface area contributed by atoms with Gasteiger partial charge in [0.15, 0.2) is 17.2 Å². The van der Waals surface area contributed by atoms with Gasteiger partial charge in [-0.3, -0.25) is 9.48 Å². The third kappa shape index (κ3) is 4.04. The van der Waals surface area contributed by atoms with Crippen LogP contribution in [0.25, 0.3) is 22.2 Å². The van der Waals surface area contributed by atoms with Crippen molar-refractivity contribution < 1.29 is 4.79 Å². The van der Waals surface area contributed by atoms with Gasteiger partial charge in [0.2, 0.25) is 0 Å². The van der Waals surface area contributed by atoms with Crippen molar-refractivity contribution in [3.05, 3.63) is 108 Å². The van der Waals surface area contributed by atoms with Gasteiger partial charge in [-0.25, -0.2) is 9.50 Å². The van der Waals surface area contributed by atoms with Crippen molar-refractivity contribution in [1.82, 2.24) is 34.3 Å². The fourth-order valence-electron chi connectivity index (χ4n) is 4.64. The van der Waals surface area contributed by atoms with Crippen molar-refractivity contribution in [3.63, 3.8) is 0 Å². The number of amides is 1. The van der Waals surface area contributed by atoms with Crippen LogP contribution in [0.15, 0.2) is 85.3 Å². The number of nitrogens with zero attached hydrogens (tertiary/aromatic N) is 6. The fourth-order valence-corrected chi connectivity index (χ4v) is 4.64. The van der Waals surface area contributed by atoms with Crippen LogP contribution in [0.4, 0.5) is 5.82 Å². The quantitative estimate of drug-likeness (QED) is 0.357. The number of nitrogens with two attached hydrogens (primary N) is 1. The molecule has 0 radical (unpaired) electrons. The van der Waals surface area contributed by atoms with Crippen molar-refractivity contribution >= 4 is 28.3 Å². The third-order valence-electron chi connectivity index (χ3n) is 6.34. The molecule has 0 saturated carbocycles. The van der Waals surface area contributed by atoms with Crippen molar-refractivity contribution in [2.45, 2.75) is 13.0 Å². The summed E-state index contributed by atoms with van der Waals surface area (Å²) in [4.78, 5) is 17.6. The number of rotatable bonds is 4. The first-order valence-corrected chi connectivity index (χ1v) is 12.1. The van der Waals surface area contributed by atoms with E-state index >= 15 is 0 Å². The maximum atomic E-state index is 13.4. The minimum absolute atomic E-state index is 0.130. The number of aryl methyl sites for hydroxylation is 1. The van der Waals surface area contributed by atoms with Gasteiger partial charge in [-0.2, -0.15) is 10.2 Å². The molecular formula is C29H24N8O. The highest BCUT2D eigenvalue weighted by Gasteiger charge is 2.23. The highest BCUT2D eigenvalue weighted by Crippen LogP contribution is 2.31. The van der Waals surface area contributed by atoms with Crippen LogP contribution in [0.2, 0.25) is 0 Å². The molecule has 2 aromatic carbocycles. The fraction of sp³-hybridized carbons (Fsp3) is 0.103. The van der Waals surface area contributed by atoms with Crippen LogP contribution in [0.5, 0.6) is 0 Å². The average molecular weight is 501 g/mol. The summed E-state index contributed by atoms with van der Waals surface area (Å²) in [6.07, 6.45) is 5.22. The molecule has 0 bridgehead atoms. The van der Waals surface area contributed by atoms with Crippen molar-refractivity contribution in [2.24, 2.45) is 7.05 Å². The number of hydrogen-bond acceptors (Lipinski definition) is 5. The Labute approximate surface area is 218 Å².